The number of nitrogens with one attached hydrogen (secondary N) is 2. The van der Waals surface area contributed by atoms with E-state index in [1.807, 2.05) is 19.2 Å². The van der Waals surface area contributed by atoms with Gasteiger partial charge in [-0.3, -0.25) is 14.7 Å². The third kappa shape index (κ3) is 5.77. The summed E-state index contributed by atoms with van der Waals surface area (Å²) < 4.78 is 1.61. The van der Waals surface area contributed by atoms with Crippen molar-refractivity contribution in [1.29, 1.82) is 0 Å². The highest BCUT2D eigenvalue weighted by Gasteiger charge is 2.25. The summed E-state index contributed by atoms with van der Waals surface area (Å²) in [5, 5.41) is 16.8. The van der Waals surface area contributed by atoms with Crippen LogP contribution in [0.1, 0.15) is 38.7 Å². The molecular weight excluding hydrogens is 444 g/mol. The molecule has 4 rings (SSSR count). The lowest BCUT2D eigenvalue weighted by molar-refractivity contribution is 0.212. The fraction of sp³-hybridized carbons (Fsp3) is 0.520. The zero-order chi connectivity index (χ0) is 25.0. The Labute approximate surface area is 205 Å². The number of fused-ring (bicyclic) bond motifs is 1. The predicted octanol–water partition coefficient (Wildman–Crippen LogP) is 1.73. The standard InChI is InChI=1S/C25H36N8O2/c1-4-5-6-25(2,16-34)31-23-22-20(29-24(26)30-23)11-17(13-28-22)19-12-21(35)32(3)14-18(19)15-33-9-7-27-8-10-33/h11-14,27,34H,4-10,15-16H2,1-3H3,(H3,26,29,30,31)/t25-/m1/s1. The topological polar surface area (TPSA) is 134 Å². The number of unbranched alkanes of at least 4 members (excludes halogenated alkanes) is 1. The van der Waals surface area contributed by atoms with Gasteiger partial charge in [0, 0.05) is 63.8 Å². The van der Waals surface area contributed by atoms with Crippen LogP contribution < -0.4 is 21.9 Å². The van der Waals surface area contributed by atoms with Crippen LogP contribution in [-0.2, 0) is 13.6 Å². The number of nitrogens with zero attached hydrogens (tertiary/aromatic N) is 5. The molecule has 188 valence electrons. The summed E-state index contributed by atoms with van der Waals surface area (Å²) >= 11 is 0. The first-order valence-electron chi connectivity index (χ1n) is 12.3. The van der Waals surface area contributed by atoms with Crippen LogP contribution in [0.15, 0.2) is 29.3 Å². The molecule has 0 saturated carbocycles. The molecule has 0 bridgehead atoms. The van der Waals surface area contributed by atoms with E-state index in [0.717, 1.165) is 68.7 Å². The number of aryl methyl sites for hydroxylation is 1. The molecule has 0 radical (unpaired) electrons. The third-order valence-corrected chi connectivity index (χ3v) is 6.63. The quantitative estimate of drug-likeness (QED) is 0.361. The molecule has 0 aliphatic carbocycles. The van der Waals surface area contributed by atoms with Crippen LogP contribution in [0, 0.1) is 0 Å². The molecular formula is C25H36N8O2. The van der Waals surface area contributed by atoms with Crippen molar-refractivity contribution in [3.8, 4) is 11.1 Å². The maximum Gasteiger partial charge on any atom is 0.250 e. The summed E-state index contributed by atoms with van der Waals surface area (Å²) in [5.74, 6) is 0.622. The molecule has 1 atom stereocenters. The Morgan fingerprint density at radius 1 is 1.26 bits per heavy atom. The van der Waals surface area contributed by atoms with Gasteiger partial charge >= 0.3 is 0 Å². The van der Waals surface area contributed by atoms with Gasteiger partial charge in [0.05, 0.1) is 17.7 Å². The van der Waals surface area contributed by atoms with Crippen LogP contribution in [0.25, 0.3) is 22.2 Å². The average molecular weight is 481 g/mol. The van der Waals surface area contributed by atoms with Crippen molar-refractivity contribution in [3.63, 3.8) is 0 Å². The van der Waals surface area contributed by atoms with Crippen LogP contribution >= 0.6 is 0 Å². The second-order valence-electron chi connectivity index (χ2n) is 9.66. The van der Waals surface area contributed by atoms with Gasteiger partial charge in [0.15, 0.2) is 5.82 Å². The van der Waals surface area contributed by atoms with Crippen molar-refractivity contribution in [2.24, 2.45) is 7.05 Å². The molecule has 35 heavy (non-hydrogen) atoms. The minimum absolute atomic E-state index is 0.0425. The zero-order valence-electron chi connectivity index (χ0n) is 20.8. The van der Waals surface area contributed by atoms with Gasteiger partial charge in [-0.15, -0.1) is 0 Å². The Kier molecular flexibility index (Phi) is 7.63. The molecule has 10 nitrogen and oxygen atoms in total. The number of rotatable bonds is 9. The number of hydrogen-bond donors (Lipinski definition) is 4. The molecule has 1 aliphatic heterocycles. The van der Waals surface area contributed by atoms with E-state index in [1.165, 1.54) is 0 Å². The number of nitrogens with two attached hydrogens (primary N) is 1. The molecule has 4 heterocycles. The summed E-state index contributed by atoms with van der Waals surface area (Å²) in [4.78, 5) is 28.4. The van der Waals surface area contributed by atoms with Crippen molar-refractivity contribution in [3.05, 3.63) is 40.4 Å². The largest absolute Gasteiger partial charge is 0.394 e. The number of aromatic nitrogens is 4. The summed E-state index contributed by atoms with van der Waals surface area (Å²) in [6, 6.07) is 3.57. The highest BCUT2D eigenvalue weighted by molar-refractivity contribution is 5.89. The Balaban J connectivity index is 1.74. The summed E-state index contributed by atoms with van der Waals surface area (Å²) in [6.45, 7) is 8.60. The lowest BCUT2D eigenvalue weighted by Gasteiger charge is -2.29. The molecule has 10 heteroatoms. The van der Waals surface area contributed by atoms with E-state index < -0.39 is 5.54 Å². The maximum absolute atomic E-state index is 12.5. The van der Waals surface area contributed by atoms with E-state index in [0.29, 0.717) is 16.9 Å². The van der Waals surface area contributed by atoms with Gasteiger partial charge in [-0.2, -0.15) is 4.98 Å². The Morgan fingerprint density at radius 2 is 2.03 bits per heavy atom. The SMILES string of the molecule is CCCC[C@](C)(CO)Nc1nc(N)nc2cc(-c3cc(=O)n(C)cc3CN3CCNCC3)cnc12. The minimum Gasteiger partial charge on any atom is -0.394 e. The second kappa shape index (κ2) is 10.7. The van der Waals surface area contributed by atoms with Crippen molar-refractivity contribution in [1.82, 2.24) is 29.7 Å². The first-order valence-corrected chi connectivity index (χ1v) is 12.3. The van der Waals surface area contributed by atoms with Crippen LogP contribution in [0.2, 0.25) is 0 Å². The van der Waals surface area contributed by atoms with E-state index >= 15 is 0 Å². The highest BCUT2D eigenvalue weighted by Crippen LogP contribution is 2.29. The fourth-order valence-electron chi connectivity index (χ4n) is 4.49. The highest BCUT2D eigenvalue weighted by atomic mass is 16.3. The summed E-state index contributed by atoms with van der Waals surface area (Å²) in [7, 11) is 1.77. The van der Waals surface area contributed by atoms with E-state index in [9.17, 15) is 9.90 Å². The third-order valence-electron chi connectivity index (χ3n) is 6.63. The molecule has 5 N–H and O–H groups in total. The fourth-order valence-corrected chi connectivity index (χ4v) is 4.49. The summed E-state index contributed by atoms with van der Waals surface area (Å²) in [5.41, 5.74) is 9.29. The van der Waals surface area contributed by atoms with Gasteiger partial charge in [0.2, 0.25) is 5.95 Å². The van der Waals surface area contributed by atoms with Gasteiger partial charge in [0.25, 0.3) is 5.56 Å². The molecule has 0 unspecified atom stereocenters. The number of piperazine rings is 1. The van der Waals surface area contributed by atoms with Crippen LogP contribution in [0.3, 0.4) is 0 Å². The van der Waals surface area contributed by atoms with Crippen molar-refractivity contribution in [2.45, 2.75) is 45.2 Å². The monoisotopic (exact) mass is 480 g/mol. The Bertz CT molecular complexity index is 1240. The number of hydrogen-bond acceptors (Lipinski definition) is 9. The van der Waals surface area contributed by atoms with Gasteiger partial charge in [-0.1, -0.05) is 19.8 Å². The zero-order valence-corrected chi connectivity index (χ0v) is 20.8. The molecule has 1 saturated heterocycles. The lowest BCUT2D eigenvalue weighted by Crippen LogP contribution is -2.43. The van der Waals surface area contributed by atoms with E-state index in [4.69, 9.17) is 5.73 Å². The van der Waals surface area contributed by atoms with Gasteiger partial charge < -0.3 is 26.0 Å². The van der Waals surface area contributed by atoms with Crippen molar-refractivity contribution >= 4 is 22.8 Å². The van der Waals surface area contributed by atoms with Gasteiger partial charge in [-0.25, -0.2) is 4.98 Å². The molecule has 0 spiro atoms. The van der Waals surface area contributed by atoms with Crippen LogP contribution in [0.5, 0.6) is 0 Å². The average Bonchev–Trinajstić information content (AvgIpc) is 2.85. The number of aliphatic hydroxyl groups is 1. The summed E-state index contributed by atoms with van der Waals surface area (Å²) in [6.07, 6.45) is 6.44. The number of pyridine rings is 2. The predicted molar refractivity (Wildman–Crippen MR) is 139 cm³/mol. The Hall–Kier alpha value is -3.08. The van der Waals surface area contributed by atoms with E-state index in [-0.39, 0.29) is 18.1 Å². The van der Waals surface area contributed by atoms with Crippen molar-refractivity contribution in [2.75, 3.05) is 43.8 Å². The van der Waals surface area contributed by atoms with Gasteiger partial charge in [0.1, 0.15) is 5.52 Å². The lowest BCUT2D eigenvalue weighted by atomic mass is 9.96. The first kappa shape index (κ1) is 25.0. The molecule has 0 aromatic carbocycles. The maximum atomic E-state index is 12.5. The first-order chi connectivity index (χ1) is 16.8. The van der Waals surface area contributed by atoms with E-state index in [1.54, 1.807) is 23.9 Å². The number of nitrogen functional groups attached to an aromatic ring is 1. The van der Waals surface area contributed by atoms with Crippen LogP contribution in [-0.4, -0.2) is 67.9 Å². The minimum atomic E-state index is -0.549. The molecule has 1 fully saturated rings. The normalized spacial score (nSPS) is 16.3. The molecule has 3 aromatic heterocycles. The Morgan fingerprint density at radius 3 is 2.74 bits per heavy atom. The smallest absolute Gasteiger partial charge is 0.250 e. The molecule has 1 aliphatic rings. The number of aliphatic hydroxyl groups excluding tert-OH is 1. The van der Waals surface area contributed by atoms with E-state index in [2.05, 4.69) is 37.4 Å². The van der Waals surface area contributed by atoms with Gasteiger partial charge in [-0.05, 0) is 30.5 Å². The number of anilines is 2. The van der Waals surface area contributed by atoms with Crippen molar-refractivity contribution < 1.29 is 5.11 Å². The van der Waals surface area contributed by atoms with Crippen LogP contribution in [0.4, 0.5) is 11.8 Å². The second-order valence-corrected chi connectivity index (χ2v) is 9.66. The molecule has 3 aromatic rings. The molecule has 0 amide bonds.